The van der Waals surface area contributed by atoms with E-state index in [1.54, 1.807) is 0 Å². The van der Waals surface area contributed by atoms with Crippen molar-refractivity contribution in [2.45, 2.75) is 56.1 Å². The van der Waals surface area contributed by atoms with Crippen LogP contribution in [0.25, 0.3) is 11.5 Å². The van der Waals surface area contributed by atoms with E-state index in [1.807, 2.05) is 19.1 Å². The summed E-state index contributed by atoms with van der Waals surface area (Å²) in [6, 6.07) is 6.17. The Morgan fingerprint density at radius 1 is 1.19 bits per heavy atom. The number of aliphatic hydroxyl groups excluding tert-OH is 1. The summed E-state index contributed by atoms with van der Waals surface area (Å²) in [5, 5.41) is 19.0. The van der Waals surface area contributed by atoms with E-state index in [0.717, 1.165) is 36.8 Å². The van der Waals surface area contributed by atoms with E-state index in [0.29, 0.717) is 11.1 Å². The van der Waals surface area contributed by atoms with Gasteiger partial charge in [-0.2, -0.15) is 0 Å². The summed E-state index contributed by atoms with van der Waals surface area (Å²) >= 11 is 1.51. The molecule has 0 radical (unpaired) electrons. The second-order valence-corrected chi connectivity index (χ2v) is 6.89. The van der Waals surface area contributed by atoms with Gasteiger partial charge in [-0.05, 0) is 38.3 Å². The van der Waals surface area contributed by atoms with Gasteiger partial charge in [-0.15, -0.1) is 10.2 Å². The Morgan fingerprint density at radius 3 is 2.76 bits per heavy atom. The SMILES string of the molecule is Cc1ccc(-c2nnc(SC3CCCCC3O)o2)c(C)c1. The van der Waals surface area contributed by atoms with Gasteiger partial charge in [-0.3, -0.25) is 0 Å². The minimum absolute atomic E-state index is 0.172. The molecule has 21 heavy (non-hydrogen) atoms. The molecule has 1 N–H and O–H groups in total. The summed E-state index contributed by atoms with van der Waals surface area (Å²) in [6.45, 7) is 4.11. The lowest BCUT2D eigenvalue weighted by molar-refractivity contribution is 0.136. The fourth-order valence-electron chi connectivity index (χ4n) is 2.76. The average Bonchev–Trinajstić information content (AvgIpc) is 2.90. The number of nitrogens with zero attached hydrogens (tertiary/aromatic N) is 2. The number of rotatable bonds is 3. The van der Waals surface area contributed by atoms with Crippen LogP contribution in [0, 0.1) is 13.8 Å². The normalized spacial score (nSPS) is 22.4. The molecule has 4 nitrogen and oxygen atoms in total. The van der Waals surface area contributed by atoms with Crippen LogP contribution in [0.4, 0.5) is 0 Å². The molecule has 0 aliphatic heterocycles. The van der Waals surface area contributed by atoms with Crippen molar-refractivity contribution in [3.63, 3.8) is 0 Å². The first-order valence-electron chi connectivity index (χ1n) is 7.39. The van der Waals surface area contributed by atoms with Crippen molar-refractivity contribution >= 4 is 11.8 Å². The monoisotopic (exact) mass is 304 g/mol. The van der Waals surface area contributed by atoms with E-state index in [2.05, 4.69) is 23.2 Å². The predicted molar refractivity (Wildman–Crippen MR) is 83.3 cm³/mol. The second-order valence-electron chi connectivity index (χ2n) is 5.70. The molecule has 1 aromatic heterocycles. The van der Waals surface area contributed by atoms with E-state index in [-0.39, 0.29) is 11.4 Å². The third-order valence-corrected chi connectivity index (χ3v) is 5.16. The minimum Gasteiger partial charge on any atom is -0.411 e. The van der Waals surface area contributed by atoms with Crippen LogP contribution >= 0.6 is 11.8 Å². The first kappa shape index (κ1) is 14.6. The van der Waals surface area contributed by atoms with Gasteiger partial charge in [0.2, 0.25) is 5.89 Å². The molecule has 112 valence electrons. The molecule has 1 aromatic carbocycles. The van der Waals surface area contributed by atoms with Crippen molar-refractivity contribution in [2.24, 2.45) is 0 Å². The zero-order valence-electron chi connectivity index (χ0n) is 12.4. The molecule has 0 bridgehead atoms. The number of thioether (sulfide) groups is 1. The highest BCUT2D eigenvalue weighted by Crippen LogP contribution is 2.34. The highest BCUT2D eigenvalue weighted by molar-refractivity contribution is 7.99. The molecule has 0 spiro atoms. The highest BCUT2D eigenvalue weighted by atomic mass is 32.2. The van der Waals surface area contributed by atoms with Crippen molar-refractivity contribution in [1.82, 2.24) is 10.2 Å². The van der Waals surface area contributed by atoms with Crippen molar-refractivity contribution in [1.29, 1.82) is 0 Å². The van der Waals surface area contributed by atoms with Crippen LogP contribution in [-0.4, -0.2) is 26.7 Å². The van der Waals surface area contributed by atoms with Crippen LogP contribution in [0.3, 0.4) is 0 Å². The summed E-state index contributed by atoms with van der Waals surface area (Å²) in [7, 11) is 0. The van der Waals surface area contributed by atoms with Gasteiger partial charge in [0.25, 0.3) is 5.22 Å². The molecule has 1 fully saturated rings. The summed E-state index contributed by atoms with van der Waals surface area (Å²) in [4.78, 5) is 0. The number of hydrogen-bond donors (Lipinski definition) is 1. The molecule has 1 saturated carbocycles. The second kappa shape index (κ2) is 6.20. The van der Waals surface area contributed by atoms with Crippen molar-refractivity contribution < 1.29 is 9.52 Å². The van der Waals surface area contributed by atoms with Gasteiger partial charge in [-0.1, -0.05) is 42.3 Å². The molecule has 0 amide bonds. The Hall–Kier alpha value is -1.33. The van der Waals surface area contributed by atoms with Gasteiger partial charge >= 0.3 is 0 Å². The fourth-order valence-corrected chi connectivity index (χ4v) is 3.82. The van der Waals surface area contributed by atoms with Crippen molar-refractivity contribution in [3.8, 4) is 11.5 Å². The number of aryl methyl sites for hydroxylation is 2. The third kappa shape index (κ3) is 3.30. The van der Waals surface area contributed by atoms with E-state index in [9.17, 15) is 5.11 Å². The lowest BCUT2D eigenvalue weighted by Gasteiger charge is -2.25. The van der Waals surface area contributed by atoms with Gasteiger partial charge < -0.3 is 9.52 Å². The minimum atomic E-state index is -0.264. The van der Waals surface area contributed by atoms with Gasteiger partial charge in [0.15, 0.2) is 0 Å². The first-order chi connectivity index (χ1) is 10.1. The zero-order valence-corrected chi connectivity index (χ0v) is 13.2. The fraction of sp³-hybridized carbons (Fsp3) is 0.500. The number of aliphatic hydroxyl groups is 1. The quantitative estimate of drug-likeness (QED) is 0.936. The topological polar surface area (TPSA) is 59.2 Å². The molecule has 3 rings (SSSR count). The Kier molecular flexibility index (Phi) is 4.31. The van der Waals surface area contributed by atoms with Gasteiger partial charge in [0.1, 0.15) is 0 Å². The summed E-state index contributed by atoms with van der Waals surface area (Å²) in [5.74, 6) is 0.556. The van der Waals surface area contributed by atoms with Crippen LogP contribution in [0.1, 0.15) is 36.8 Å². The predicted octanol–water partition coefficient (Wildman–Crippen LogP) is 3.75. The Labute approximate surface area is 129 Å². The highest BCUT2D eigenvalue weighted by Gasteiger charge is 2.26. The number of hydrogen-bond acceptors (Lipinski definition) is 5. The largest absolute Gasteiger partial charge is 0.411 e. The van der Waals surface area contributed by atoms with Crippen LogP contribution in [0.15, 0.2) is 27.8 Å². The van der Waals surface area contributed by atoms with E-state index in [1.165, 1.54) is 17.3 Å². The maximum Gasteiger partial charge on any atom is 0.277 e. The molecular weight excluding hydrogens is 284 g/mol. The summed E-state index contributed by atoms with van der Waals surface area (Å²) in [5.41, 5.74) is 3.33. The number of benzene rings is 1. The molecule has 2 unspecified atom stereocenters. The van der Waals surface area contributed by atoms with E-state index in [4.69, 9.17) is 4.42 Å². The molecule has 5 heteroatoms. The Bertz CT molecular complexity index is 626. The molecule has 2 atom stereocenters. The number of aromatic nitrogens is 2. The van der Waals surface area contributed by atoms with Crippen LogP contribution in [-0.2, 0) is 0 Å². The van der Waals surface area contributed by atoms with E-state index >= 15 is 0 Å². The lowest BCUT2D eigenvalue weighted by atomic mass is 9.97. The molecule has 1 heterocycles. The standard InChI is InChI=1S/C16H20N2O2S/c1-10-7-8-12(11(2)9-10)15-17-18-16(20-15)21-14-6-4-3-5-13(14)19/h7-9,13-14,19H,3-6H2,1-2H3. The van der Waals surface area contributed by atoms with Gasteiger partial charge in [0, 0.05) is 10.8 Å². The average molecular weight is 304 g/mol. The van der Waals surface area contributed by atoms with Crippen molar-refractivity contribution in [2.75, 3.05) is 0 Å². The first-order valence-corrected chi connectivity index (χ1v) is 8.27. The van der Waals surface area contributed by atoms with Gasteiger partial charge in [0.05, 0.1) is 6.10 Å². The Balaban J connectivity index is 1.76. The van der Waals surface area contributed by atoms with Crippen LogP contribution in [0.5, 0.6) is 0 Å². The summed E-state index contributed by atoms with van der Waals surface area (Å²) < 4.78 is 5.77. The molecule has 1 aliphatic rings. The lowest BCUT2D eigenvalue weighted by Crippen LogP contribution is -2.26. The zero-order chi connectivity index (χ0) is 14.8. The third-order valence-electron chi connectivity index (χ3n) is 3.94. The van der Waals surface area contributed by atoms with Crippen LogP contribution < -0.4 is 0 Å². The molecule has 0 saturated heterocycles. The van der Waals surface area contributed by atoms with E-state index < -0.39 is 0 Å². The Morgan fingerprint density at radius 2 is 2.00 bits per heavy atom. The molecule has 1 aliphatic carbocycles. The maximum absolute atomic E-state index is 10.0. The summed E-state index contributed by atoms with van der Waals surface area (Å²) in [6.07, 6.45) is 3.88. The molecule has 2 aromatic rings. The van der Waals surface area contributed by atoms with Crippen LogP contribution in [0.2, 0.25) is 0 Å². The van der Waals surface area contributed by atoms with Gasteiger partial charge in [-0.25, -0.2) is 0 Å². The molecular formula is C16H20N2O2S. The van der Waals surface area contributed by atoms with Crippen molar-refractivity contribution in [3.05, 3.63) is 29.3 Å². The maximum atomic E-state index is 10.0. The smallest absolute Gasteiger partial charge is 0.277 e.